The van der Waals surface area contributed by atoms with Crippen molar-refractivity contribution in [2.24, 2.45) is 4.99 Å². The van der Waals surface area contributed by atoms with Crippen LogP contribution in [-0.2, 0) is 4.79 Å². The second kappa shape index (κ2) is 12.0. The number of amides is 3. The second-order valence-electron chi connectivity index (χ2n) is 6.98. The number of rotatable bonds is 8. The molecule has 10 heteroatoms. The predicted octanol–water partition coefficient (Wildman–Crippen LogP) is 1.53. The van der Waals surface area contributed by atoms with E-state index in [-0.39, 0.29) is 48.5 Å². The summed E-state index contributed by atoms with van der Waals surface area (Å²) < 4.78 is 5.67. The van der Waals surface area contributed by atoms with Crippen molar-refractivity contribution >= 4 is 41.9 Å². The van der Waals surface area contributed by atoms with Gasteiger partial charge in [0.15, 0.2) is 5.96 Å². The molecule has 1 aromatic heterocycles. The summed E-state index contributed by atoms with van der Waals surface area (Å²) in [4.78, 5) is 31.7. The molecule has 0 aliphatic carbocycles. The third-order valence-corrected chi connectivity index (χ3v) is 5.03. The third-order valence-electron chi connectivity index (χ3n) is 5.03. The van der Waals surface area contributed by atoms with Gasteiger partial charge in [0.1, 0.15) is 5.76 Å². The second-order valence-corrected chi connectivity index (χ2v) is 6.98. The fourth-order valence-electron chi connectivity index (χ4n) is 3.58. The van der Waals surface area contributed by atoms with Crippen molar-refractivity contribution in [1.82, 2.24) is 25.8 Å². The van der Waals surface area contributed by atoms with Crippen LogP contribution in [0.15, 0.2) is 27.8 Å². The number of likely N-dealkylation sites (tertiary alicyclic amines) is 1. The highest BCUT2D eigenvalue weighted by molar-refractivity contribution is 14.0. The van der Waals surface area contributed by atoms with Crippen LogP contribution in [0.5, 0.6) is 0 Å². The third kappa shape index (κ3) is 6.59. The Labute approximate surface area is 188 Å². The maximum absolute atomic E-state index is 11.7. The first-order valence-electron chi connectivity index (χ1n) is 10.1. The van der Waals surface area contributed by atoms with E-state index in [2.05, 4.69) is 20.9 Å². The van der Waals surface area contributed by atoms with Gasteiger partial charge in [-0.05, 0) is 45.0 Å². The molecule has 0 spiro atoms. The van der Waals surface area contributed by atoms with E-state index >= 15 is 0 Å². The van der Waals surface area contributed by atoms with Gasteiger partial charge < -0.3 is 20.4 Å². The number of furan rings is 1. The van der Waals surface area contributed by atoms with Crippen molar-refractivity contribution in [2.45, 2.75) is 32.2 Å². The summed E-state index contributed by atoms with van der Waals surface area (Å²) >= 11 is 0. The molecule has 0 radical (unpaired) electrons. The summed E-state index contributed by atoms with van der Waals surface area (Å²) in [5.74, 6) is 1.40. The summed E-state index contributed by atoms with van der Waals surface area (Å²) in [6.45, 7) is 6.24. The molecule has 3 N–H and O–H groups in total. The largest absolute Gasteiger partial charge is 0.468 e. The molecule has 162 valence electrons. The van der Waals surface area contributed by atoms with Crippen LogP contribution in [0.1, 0.15) is 38.0 Å². The van der Waals surface area contributed by atoms with Crippen LogP contribution in [0.2, 0.25) is 0 Å². The van der Waals surface area contributed by atoms with Crippen molar-refractivity contribution in [3.8, 4) is 0 Å². The molecule has 3 heterocycles. The van der Waals surface area contributed by atoms with Crippen LogP contribution in [0.4, 0.5) is 4.79 Å². The molecule has 2 aliphatic rings. The number of urea groups is 1. The first-order valence-corrected chi connectivity index (χ1v) is 10.1. The number of carbonyl (C=O) groups is 2. The highest BCUT2D eigenvalue weighted by Crippen LogP contribution is 2.25. The summed E-state index contributed by atoms with van der Waals surface area (Å²) in [5, 5.41) is 8.95. The van der Waals surface area contributed by atoms with Crippen molar-refractivity contribution in [2.75, 3.05) is 45.8 Å². The van der Waals surface area contributed by atoms with E-state index in [1.54, 1.807) is 6.26 Å². The molecule has 9 nitrogen and oxygen atoms in total. The zero-order chi connectivity index (χ0) is 19.8. The summed E-state index contributed by atoms with van der Waals surface area (Å²) in [5.41, 5.74) is 0. The Hall–Kier alpha value is -1.82. The van der Waals surface area contributed by atoms with E-state index in [1.807, 2.05) is 19.1 Å². The quantitative estimate of drug-likeness (QED) is 0.209. The summed E-state index contributed by atoms with van der Waals surface area (Å²) in [7, 11) is 0. The van der Waals surface area contributed by atoms with Gasteiger partial charge in [-0.25, -0.2) is 4.79 Å². The molecule has 1 unspecified atom stereocenters. The highest BCUT2D eigenvalue weighted by Gasteiger charge is 2.28. The minimum atomic E-state index is -0.336. The minimum absolute atomic E-state index is 0. The van der Waals surface area contributed by atoms with Gasteiger partial charge >= 0.3 is 6.03 Å². The van der Waals surface area contributed by atoms with Gasteiger partial charge in [0.2, 0.25) is 5.91 Å². The molecule has 1 aromatic rings. The number of hydrogen-bond donors (Lipinski definition) is 3. The molecule has 0 saturated carbocycles. The van der Waals surface area contributed by atoms with Crippen LogP contribution in [0.3, 0.4) is 0 Å². The molecule has 3 rings (SSSR count). The number of hydrogen-bond acceptors (Lipinski definition) is 5. The van der Waals surface area contributed by atoms with E-state index < -0.39 is 0 Å². The molecular formula is C19H31IN6O3. The number of halogens is 1. The average molecular weight is 518 g/mol. The number of aliphatic imine (C=N–C) groups is 1. The van der Waals surface area contributed by atoms with E-state index in [1.165, 1.54) is 24.2 Å². The van der Waals surface area contributed by atoms with Gasteiger partial charge in [-0.3, -0.25) is 19.6 Å². The van der Waals surface area contributed by atoms with Crippen LogP contribution < -0.4 is 16.0 Å². The monoisotopic (exact) mass is 518 g/mol. The number of imide groups is 1. The molecule has 2 saturated heterocycles. The van der Waals surface area contributed by atoms with Crippen LogP contribution in [0, 0.1) is 0 Å². The predicted molar refractivity (Wildman–Crippen MR) is 121 cm³/mol. The minimum Gasteiger partial charge on any atom is -0.468 e. The lowest BCUT2D eigenvalue weighted by Crippen LogP contribution is -2.43. The zero-order valence-electron chi connectivity index (χ0n) is 16.9. The SMILES string of the molecule is CCNC(=NCC(c1ccco1)N1CCCCC1)NCCN1C(=O)CNC1=O.I. The first-order chi connectivity index (χ1) is 13.7. The van der Waals surface area contributed by atoms with E-state index in [4.69, 9.17) is 9.41 Å². The van der Waals surface area contributed by atoms with Gasteiger partial charge in [-0.15, -0.1) is 24.0 Å². The lowest BCUT2D eigenvalue weighted by Gasteiger charge is -2.32. The van der Waals surface area contributed by atoms with Crippen LogP contribution >= 0.6 is 24.0 Å². The van der Waals surface area contributed by atoms with E-state index in [0.717, 1.165) is 25.4 Å². The highest BCUT2D eigenvalue weighted by atomic mass is 127. The normalized spacial score (nSPS) is 18.9. The zero-order valence-corrected chi connectivity index (χ0v) is 19.2. The number of piperidine rings is 1. The van der Waals surface area contributed by atoms with Gasteiger partial charge in [-0.2, -0.15) is 0 Å². The van der Waals surface area contributed by atoms with Gasteiger partial charge in [0.05, 0.1) is 25.4 Å². The van der Waals surface area contributed by atoms with Gasteiger partial charge in [0, 0.05) is 19.6 Å². The van der Waals surface area contributed by atoms with Crippen molar-refractivity contribution < 1.29 is 14.0 Å². The van der Waals surface area contributed by atoms with Crippen molar-refractivity contribution in [3.63, 3.8) is 0 Å². The van der Waals surface area contributed by atoms with Crippen molar-refractivity contribution in [1.29, 1.82) is 0 Å². The molecule has 0 aromatic carbocycles. The molecular weight excluding hydrogens is 487 g/mol. The van der Waals surface area contributed by atoms with Crippen molar-refractivity contribution in [3.05, 3.63) is 24.2 Å². The van der Waals surface area contributed by atoms with Gasteiger partial charge in [0.25, 0.3) is 0 Å². The summed E-state index contributed by atoms with van der Waals surface area (Å²) in [6.07, 6.45) is 5.38. The number of nitrogens with zero attached hydrogens (tertiary/aromatic N) is 3. The average Bonchev–Trinajstić information content (AvgIpc) is 3.34. The van der Waals surface area contributed by atoms with Crippen LogP contribution in [0.25, 0.3) is 0 Å². The Morgan fingerprint density at radius 3 is 2.69 bits per heavy atom. The standard InChI is InChI=1S/C19H30N6O3.HI/c1-2-20-18(21-8-11-25-17(26)14-23-19(25)27)22-13-15(16-7-6-12-28-16)24-9-4-3-5-10-24;/h6-7,12,15H,2-5,8-11,13-14H2,1H3,(H,23,27)(H2,20,21,22);1H. The Balaban J connectivity index is 0.00000300. The molecule has 29 heavy (non-hydrogen) atoms. The molecule has 0 bridgehead atoms. The fourth-order valence-corrected chi connectivity index (χ4v) is 3.58. The maximum Gasteiger partial charge on any atom is 0.324 e. The van der Waals surface area contributed by atoms with E-state index in [9.17, 15) is 9.59 Å². The molecule has 2 aliphatic heterocycles. The molecule has 2 fully saturated rings. The summed E-state index contributed by atoms with van der Waals surface area (Å²) in [6, 6.07) is 3.69. The number of guanidine groups is 1. The lowest BCUT2D eigenvalue weighted by atomic mass is 10.1. The lowest BCUT2D eigenvalue weighted by molar-refractivity contribution is -0.124. The Morgan fingerprint density at radius 2 is 2.07 bits per heavy atom. The Bertz CT molecular complexity index is 659. The van der Waals surface area contributed by atoms with E-state index in [0.29, 0.717) is 25.6 Å². The number of nitrogens with one attached hydrogen (secondary N) is 3. The smallest absolute Gasteiger partial charge is 0.324 e. The fraction of sp³-hybridized carbons (Fsp3) is 0.632. The molecule has 1 atom stereocenters. The first kappa shape index (κ1) is 23.5. The Morgan fingerprint density at radius 1 is 1.28 bits per heavy atom. The maximum atomic E-state index is 11.7. The van der Waals surface area contributed by atoms with Crippen LogP contribution in [-0.4, -0.2) is 73.5 Å². The molecule has 3 amide bonds. The topological polar surface area (TPSA) is 102 Å². The Kier molecular flexibility index (Phi) is 9.71. The van der Waals surface area contributed by atoms with Gasteiger partial charge in [-0.1, -0.05) is 6.42 Å². The number of carbonyl (C=O) groups excluding carboxylic acids is 2.